The SMILES string of the molecule is CCCCCCCCCCCC=CC=CC=CC(=O)N[C@@H](CCCN=C(N)N)C(=O)OC. The second-order valence-electron chi connectivity index (χ2n) is 7.82. The number of allylic oxidation sites excluding steroid dienone is 5. The van der Waals surface area contributed by atoms with Gasteiger partial charge in [0.2, 0.25) is 5.91 Å². The van der Waals surface area contributed by atoms with E-state index in [1.165, 1.54) is 71.0 Å². The van der Waals surface area contributed by atoms with E-state index in [1.807, 2.05) is 12.2 Å². The van der Waals surface area contributed by atoms with Gasteiger partial charge in [-0.25, -0.2) is 4.79 Å². The van der Waals surface area contributed by atoms with Crippen molar-refractivity contribution in [3.8, 4) is 0 Å². The third-order valence-electron chi connectivity index (χ3n) is 4.94. The number of hydrogen-bond acceptors (Lipinski definition) is 4. The van der Waals surface area contributed by atoms with E-state index in [9.17, 15) is 9.59 Å². The number of rotatable bonds is 19. The van der Waals surface area contributed by atoms with Gasteiger partial charge in [-0.3, -0.25) is 9.79 Å². The molecule has 1 amide bonds. The summed E-state index contributed by atoms with van der Waals surface area (Å²) in [7, 11) is 1.29. The monoisotopic (exact) mass is 448 g/mol. The Morgan fingerprint density at radius 1 is 0.906 bits per heavy atom. The lowest BCUT2D eigenvalue weighted by Crippen LogP contribution is -2.40. The van der Waals surface area contributed by atoms with Crippen molar-refractivity contribution >= 4 is 17.8 Å². The van der Waals surface area contributed by atoms with Crippen LogP contribution in [0.1, 0.15) is 84.0 Å². The summed E-state index contributed by atoms with van der Waals surface area (Å²) in [5, 5.41) is 2.64. The summed E-state index contributed by atoms with van der Waals surface area (Å²) >= 11 is 0. The molecule has 5 N–H and O–H groups in total. The molecule has 0 radical (unpaired) electrons. The van der Waals surface area contributed by atoms with Crippen LogP contribution in [0.2, 0.25) is 0 Å². The van der Waals surface area contributed by atoms with Crippen molar-refractivity contribution in [1.82, 2.24) is 5.32 Å². The Morgan fingerprint density at radius 2 is 1.53 bits per heavy atom. The molecule has 0 bridgehead atoms. The molecular weight excluding hydrogens is 404 g/mol. The molecule has 0 saturated carbocycles. The zero-order chi connectivity index (χ0) is 23.9. The third-order valence-corrected chi connectivity index (χ3v) is 4.94. The lowest BCUT2D eigenvalue weighted by molar-refractivity contribution is -0.144. The highest BCUT2D eigenvalue weighted by molar-refractivity contribution is 5.91. The van der Waals surface area contributed by atoms with Gasteiger partial charge in [-0.2, -0.15) is 0 Å². The van der Waals surface area contributed by atoms with Crippen LogP contribution in [0.3, 0.4) is 0 Å². The summed E-state index contributed by atoms with van der Waals surface area (Å²) in [5.74, 6) is -0.849. The van der Waals surface area contributed by atoms with Crippen LogP contribution in [-0.2, 0) is 14.3 Å². The maximum atomic E-state index is 12.0. The lowest BCUT2D eigenvalue weighted by atomic mass is 10.1. The van der Waals surface area contributed by atoms with Gasteiger partial charge in [0.15, 0.2) is 5.96 Å². The van der Waals surface area contributed by atoms with Gasteiger partial charge in [0.05, 0.1) is 7.11 Å². The number of carbonyl (C=O) groups excluding carboxylic acids is 2. The van der Waals surface area contributed by atoms with Crippen molar-refractivity contribution in [2.24, 2.45) is 16.5 Å². The fourth-order valence-corrected chi connectivity index (χ4v) is 3.13. The molecule has 0 aromatic rings. The maximum Gasteiger partial charge on any atom is 0.328 e. The van der Waals surface area contributed by atoms with Crippen molar-refractivity contribution < 1.29 is 14.3 Å². The van der Waals surface area contributed by atoms with E-state index >= 15 is 0 Å². The van der Waals surface area contributed by atoms with E-state index in [-0.39, 0.29) is 11.9 Å². The fourth-order valence-electron chi connectivity index (χ4n) is 3.13. The number of methoxy groups -OCH3 is 1. The van der Waals surface area contributed by atoms with Crippen molar-refractivity contribution in [3.05, 3.63) is 36.5 Å². The van der Waals surface area contributed by atoms with Gasteiger partial charge in [0.25, 0.3) is 0 Å². The predicted molar refractivity (Wildman–Crippen MR) is 133 cm³/mol. The topological polar surface area (TPSA) is 120 Å². The van der Waals surface area contributed by atoms with Crippen LogP contribution in [0.25, 0.3) is 0 Å². The highest BCUT2D eigenvalue weighted by Crippen LogP contribution is 2.10. The summed E-state index contributed by atoms with van der Waals surface area (Å²) in [6.45, 7) is 2.63. The molecule has 0 aromatic carbocycles. The number of guanidine groups is 1. The Kier molecular flexibility index (Phi) is 19.9. The number of nitrogens with one attached hydrogen (secondary N) is 1. The van der Waals surface area contributed by atoms with Gasteiger partial charge in [0, 0.05) is 12.6 Å². The normalized spacial score (nSPS) is 12.4. The molecule has 182 valence electrons. The second-order valence-corrected chi connectivity index (χ2v) is 7.82. The summed E-state index contributed by atoms with van der Waals surface area (Å²) in [6, 6.07) is -0.730. The minimum Gasteiger partial charge on any atom is -0.467 e. The molecule has 1 atom stereocenters. The second kappa shape index (κ2) is 21.7. The van der Waals surface area contributed by atoms with E-state index in [0.29, 0.717) is 19.4 Å². The zero-order valence-corrected chi connectivity index (χ0v) is 20.1. The molecule has 7 nitrogen and oxygen atoms in total. The molecule has 32 heavy (non-hydrogen) atoms. The van der Waals surface area contributed by atoms with Crippen molar-refractivity contribution in [2.45, 2.75) is 90.0 Å². The van der Waals surface area contributed by atoms with Gasteiger partial charge in [-0.1, -0.05) is 88.7 Å². The zero-order valence-electron chi connectivity index (χ0n) is 20.1. The van der Waals surface area contributed by atoms with Gasteiger partial charge in [-0.05, 0) is 25.7 Å². The van der Waals surface area contributed by atoms with Crippen LogP contribution in [-0.4, -0.2) is 37.5 Å². The van der Waals surface area contributed by atoms with Crippen LogP contribution in [0.15, 0.2) is 41.4 Å². The number of amides is 1. The largest absolute Gasteiger partial charge is 0.467 e. The quantitative estimate of drug-likeness (QED) is 0.0680. The minimum atomic E-state index is -0.730. The third kappa shape index (κ3) is 19.4. The number of aliphatic imine (C=N–C) groups is 1. The molecule has 0 rings (SSSR count). The first-order chi connectivity index (χ1) is 15.5. The standard InChI is InChI=1S/C25H44N4O3/c1-3-4-5-6-7-8-9-10-11-12-13-14-15-16-17-20-23(30)29-22(24(31)32-2)19-18-21-28-25(26)27/h13-17,20,22H,3-12,18-19,21H2,1-2H3,(H,29,30)(H4,26,27,28)/t22-/m0/s1. The average Bonchev–Trinajstić information content (AvgIpc) is 2.77. The molecular formula is C25H44N4O3. The van der Waals surface area contributed by atoms with Crippen molar-refractivity contribution in [2.75, 3.05) is 13.7 Å². The summed E-state index contributed by atoms with van der Waals surface area (Å²) < 4.78 is 4.74. The Morgan fingerprint density at radius 3 is 2.16 bits per heavy atom. The van der Waals surface area contributed by atoms with Gasteiger partial charge >= 0.3 is 5.97 Å². The van der Waals surface area contributed by atoms with Crippen LogP contribution >= 0.6 is 0 Å². The van der Waals surface area contributed by atoms with Crippen molar-refractivity contribution in [3.63, 3.8) is 0 Å². The van der Waals surface area contributed by atoms with Gasteiger partial charge in [0.1, 0.15) is 6.04 Å². The maximum absolute atomic E-state index is 12.0. The fraction of sp³-hybridized carbons (Fsp3) is 0.640. The molecule has 0 heterocycles. The van der Waals surface area contributed by atoms with Crippen LogP contribution in [0, 0.1) is 0 Å². The number of carbonyl (C=O) groups is 2. The summed E-state index contributed by atoms with van der Waals surface area (Å²) in [6.07, 6.45) is 24.9. The average molecular weight is 449 g/mol. The Balaban J connectivity index is 3.99. The van der Waals surface area contributed by atoms with Crippen LogP contribution in [0.4, 0.5) is 0 Å². The summed E-state index contributed by atoms with van der Waals surface area (Å²) in [5.41, 5.74) is 10.5. The van der Waals surface area contributed by atoms with Crippen molar-refractivity contribution in [1.29, 1.82) is 0 Å². The summed E-state index contributed by atoms with van der Waals surface area (Å²) in [4.78, 5) is 27.7. The van der Waals surface area contributed by atoms with E-state index in [0.717, 1.165) is 6.42 Å². The number of nitrogens with two attached hydrogens (primary N) is 2. The molecule has 0 aromatic heterocycles. The smallest absolute Gasteiger partial charge is 0.328 e. The number of hydrogen-bond donors (Lipinski definition) is 3. The molecule has 0 aliphatic carbocycles. The highest BCUT2D eigenvalue weighted by atomic mass is 16.5. The molecule has 0 aliphatic rings. The minimum absolute atomic E-state index is 0.000546. The van der Waals surface area contributed by atoms with E-state index < -0.39 is 12.0 Å². The highest BCUT2D eigenvalue weighted by Gasteiger charge is 2.19. The Hall–Kier alpha value is -2.57. The predicted octanol–water partition coefficient (Wildman–Crippen LogP) is 4.29. The number of unbranched alkanes of at least 4 members (excludes halogenated alkanes) is 9. The lowest BCUT2D eigenvalue weighted by Gasteiger charge is -2.14. The van der Waals surface area contributed by atoms with Gasteiger partial charge < -0.3 is 21.5 Å². The molecule has 0 fully saturated rings. The Labute approximate surface area is 194 Å². The molecule has 0 unspecified atom stereocenters. The first-order valence-electron chi connectivity index (χ1n) is 11.9. The van der Waals surface area contributed by atoms with Crippen LogP contribution < -0.4 is 16.8 Å². The molecule has 7 heteroatoms. The van der Waals surface area contributed by atoms with Gasteiger partial charge in [-0.15, -0.1) is 0 Å². The number of nitrogens with zero attached hydrogens (tertiary/aromatic N) is 1. The first-order valence-corrected chi connectivity index (χ1v) is 11.9. The van der Waals surface area contributed by atoms with E-state index in [2.05, 4.69) is 23.3 Å². The van der Waals surface area contributed by atoms with E-state index in [4.69, 9.17) is 16.2 Å². The number of ether oxygens (including phenoxy) is 1. The van der Waals surface area contributed by atoms with Crippen LogP contribution in [0.5, 0.6) is 0 Å². The first kappa shape index (κ1) is 29.4. The molecule has 0 aliphatic heterocycles. The molecule has 0 spiro atoms. The molecule has 0 saturated heterocycles. The Bertz CT molecular complexity index is 608. The number of esters is 1. The van der Waals surface area contributed by atoms with E-state index in [1.54, 1.807) is 12.2 Å².